The number of rotatable bonds is 4. The summed E-state index contributed by atoms with van der Waals surface area (Å²) in [6.07, 6.45) is 2.01. The van der Waals surface area contributed by atoms with Crippen molar-refractivity contribution in [2.24, 2.45) is 5.92 Å². The van der Waals surface area contributed by atoms with Crippen molar-refractivity contribution < 1.29 is 14.4 Å². The lowest BCUT2D eigenvalue weighted by molar-refractivity contribution is -0.140. The van der Waals surface area contributed by atoms with Crippen LogP contribution in [-0.2, 0) is 9.59 Å². The summed E-state index contributed by atoms with van der Waals surface area (Å²) in [7, 11) is 0. The molecule has 7 nitrogen and oxygen atoms in total. The third-order valence-corrected chi connectivity index (χ3v) is 5.64. The minimum absolute atomic E-state index is 0.0346. The van der Waals surface area contributed by atoms with E-state index >= 15 is 0 Å². The number of piperazine rings is 1. The Balaban J connectivity index is 1.29. The molecule has 1 aromatic carbocycles. The zero-order valence-electron chi connectivity index (χ0n) is 15.8. The summed E-state index contributed by atoms with van der Waals surface area (Å²) in [5, 5.41) is 0. The molecule has 144 valence electrons. The minimum atomic E-state index is -0.116. The third kappa shape index (κ3) is 3.77. The van der Waals surface area contributed by atoms with Gasteiger partial charge in [-0.2, -0.15) is 0 Å². The van der Waals surface area contributed by atoms with Crippen LogP contribution in [0.15, 0.2) is 24.3 Å². The van der Waals surface area contributed by atoms with Gasteiger partial charge in [0.2, 0.25) is 11.8 Å². The molecule has 0 atom stereocenters. The molecule has 3 aliphatic rings. The van der Waals surface area contributed by atoms with Gasteiger partial charge in [0.15, 0.2) is 0 Å². The van der Waals surface area contributed by atoms with Crippen LogP contribution in [0.25, 0.3) is 0 Å². The topological polar surface area (TPSA) is 64.2 Å². The lowest BCUT2D eigenvalue weighted by atomic mass is 10.2. The third-order valence-electron chi connectivity index (χ3n) is 5.64. The van der Waals surface area contributed by atoms with Crippen LogP contribution in [0.1, 0.15) is 18.4 Å². The van der Waals surface area contributed by atoms with E-state index < -0.39 is 0 Å². The molecule has 2 aliphatic heterocycles. The first-order valence-corrected chi connectivity index (χ1v) is 9.72. The van der Waals surface area contributed by atoms with Gasteiger partial charge in [0.25, 0.3) is 0 Å². The second kappa shape index (κ2) is 7.21. The molecule has 4 amide bonds. The zero-order valence-corrected chi connectivity index (χ0v) is 15.8. The predicted octanol–water partition coefficient (Wildman–Crippen LogP) is 1.32. The number of aryl methyl sites for hydroxylation is 1. The Kier molecular flexibility index (Phi) is 4.76. The van der Waals surface area contributed by atoms with Gasteiger partial charge in [-0.15, -0.1) is 0 Å². The van der Waals surface area contributed by atoms with E-state index in [-0.39, 0.29) is 30.3 Å². The van der Waals surface area contributed by atoms with Gasteiger partial charge in [-0.05, 0) is 31.9 Å². The fourth-order valence-corrected chi connectivity index (χ4v) is 3.72. The van der Waals surface area contributed by atoms with Crippen molar-refractivity contribution in [3.63, 3.8) is 0 Å². The number of amides is 4. The number of nitrogens with zero attached hydrogens (tertiary/aromatic N) is 4. The van der Waals surface area contributed by atoms with Crippen LogP contribution in [0.5, 0.6) is 0 Å². The molecule has 0 bridgehead atoms. The Morgan fingerprint density at radius 2 is 1.56 bits per heavy atom. The first kappa shape index (κ1) is 17.8. The molecule has 2 heterocycles. The molecule has 0 unspecified atom stereocenters. The summed E-state index contributed by atoms with van der Waals surface area (Å²) in [5.74, 6) is 0.431. The largest absolute Gasteiger partial charge is 0.339 e. The molecule has 27 heavy (non-hydrogen) atoms. The summed E-state index contributed by atoms with van der Waals surface area (Å²) in [6, 6.07) is 7.73. The summed E-state index contributed by atoms with van der Waals surface area (Å²) in [4.78, 5) is 44.4. The molecule has 0 radical (unpaired) electrons. The number of hydrogen-bond donors (Lipinski definition) is 0. The highest BCUT2D eigenvalue weighted by Gasteiger charge is 2.36. The second-order valence-corrected chi connectivity index (χ2v) is 7.67. The van der Waals surface area contributed by atoms with E-state index in [0.29, 0.717) is 39.3 Å². The zero-order chi connectivity index (χ0) is 19.0. The van der Waals surface area contributed by atoms with E-state index in [1.165, 1.54) is 0 Å². The molecule has 0 aromatic heterocycles. The summed E-state index contributed by atoms with van der Waals surface area (Å²) < 4.78 is 0. The Labute approximate surface area is 159 Å². The highest BCUT2D eigenvalue weighted by atomic mass is 16.2. The van der Waals surface area contributed by atoms with Crippen molar-refractivity contribution in [1.29, 1.82) is 0 Å². The van der Waals surface area contributed by atoms with Gasteiger partial charge >= 0.3 is 6.03 Å². The molecule has 1 aliphatic carbocycles. The standard InChI is InChI=1S/C20H26N4O3/c1-15-2-6-17(7-3-15)24-13-12-23(20(24)27)14-18(25)21-8-10-22(11-9-21)19(26)16-4-5-16/h2-3,6-7,16H,4-5,8-14H2,1H3. The summed E-state index contributed by atoms with van der Waals surface area (Å²) in [6.45, 7) is 5.59. The van der Waals surface area contributed by atoms with Crippen LogP contribution in [0.3, 0.4) is 0 Å². The van der Waals surface area contributed by atoms with Crippen LogP contribution in [-0.4, -0.2) is 78.4 Å². The fourth-order valence-electron chi connectivity index (χ4n) is 3.72. The Bertz CT molecular complexity index is 736. The van der Waals surface area contributed by atoms with Gasteiger partial charge in [0.05, 0.1) is 0 Å². The number of anilines is 1. The lowest BCUT2D eigenvalue weighted by Crippen LogP contribution is -2.53. The first-order valence-electron chi connectivity index (χ1n) is 9.72. The highest BCUT2D eigenvalue weighted by Crippen LogP contribution is 2.31. The van der Waals surface area contributed by atoms with E-state index in [9.17, 15) is 14.4 Å². The number of urea groups is 1. The van der Waals surface area contributed by atoms with Gasteiger partial charge in [0, 0.05) is 50.9 Å². The van der Waals surface area contributed by atoms with Gasteiger partial charge in [-0.3, -0.25) is 14.5 Å². The molecule has 3 fully saturated rings. The van der Waals surface area contributed by atoms with Gasteiger partial charge in [-0.1, -0.05) is 17.7 Å². The maximum atomic E-state index is 12.7. The Morgan fingerprint density at radius 3 is 2.19 bits per heavy atom. The number of benzene rings is 1. The van der Waals surface area contributed by atoms with E-state index in [4.69, 9.17) is 0 Å². The van der Waals surface area contributed by atoms with Crippen molar-refractivity contribution in [2.45, 2.75) is 19.8 Å². The van der Waals surface area contributed by atoms with Gasteiger partial charge in [-0.25, -0.2) is 4.79 Å². The maximum absolute atomic E-state index is 12.7. The smallest absolute Gasteiger partial charge is 0.325 e. The predicted molar refractivity (Wildman–Crippen MR) is 101 cm³/mol. The molecular formula is C20H26N4O3. The highest BCUT2D eigenvalue weighted by molar-refractivity contribution is 5.96. The number of carbonyl (C=O) groups is 3. The molecule has 4 rings (SSSR count). The van der Waals surface area contributed by atoms with Crippen molar-refractivity contribution in [1.82, 2.24) is 14.7 Å². The molecule has 0 N–H and O–H groups in total. The van der Waals surface area contributed by atoms with Crippen LogP contribution >= 0.6 is 0 Å². The van der Waals surface area contributed by atoms with Crippen LogP contribution < -0.4 is 4.90 Å². The van der Waals surface area contributed by atoms with Crippen molar-refractivity contribution in [3.8, 4) is 0 Å². The van der Waals surface area contributed by atoms with E-state index in [0.717, 1.165) is 24.1 Å². The minimum Gasteiger partial charge on any atom is -0.339 e. The first-order chi connectivity index (χ1) is 13.0. The van der Waals surface area contributed by atoms with Crippen molar-refractivity contribution in [2.75, 3.05) is 50.7 Å². The monoisotopic (exact) mass is 370 g/mol. The Hall–Kier alpha value is -2.57. The molecule has 0 spiro atoms. The van der Waals surface area contributed by atoms with Gasteiger partial charge in [0.1, 0.15) is 6.54 Å². The van der Waals surface area contributed by atoms with E-state index in [2.05, 4.69) is 0 Å². The molecular weight excluding hydrogens is 344 g/mol. The quantitative estimate of drug-likeness (QED) is 0.803. The molecule has 2 saturated heterocycles. The van der Waals surface area contributed by atoms with Crippen LogP contribution in [0.4, 0.5) is 10.5 Å². The summed E-state index contributed by atoms with van der Waals surface area (Å²) in [5.41, 5.74) is 2.02. The normalized spacial score (nSPS) is 20.4. The fraction of sp³-hybridized carbons (Fsp3) is 0.550. The average molecular weight is 370 g/mol. The van der Waals surface area contributed by atoms with Crippen LogP contribution in [0.2, 0.25) is 0 Å². The maximum Gasteiger partial charge on any atom is 0.325 e. The average Bonchev–Trinajstić information content (AvgIpc) is 3.47. The number of carbonyl (C=O) groups excluding carboxylic acids is 3. The Morgan fingerprint density at radius 1 is 0.926 bits per heavy atom. The molecule has 1 saturated carbocycles. The summed E-state index contributed by atoms with van der Waals surface area (Å²) >= 11 is 0. The number of hydrogen-bond acceptors (Lipinski definition) is 3. The van der Waals surface area contributed by atoms with Crippen LogP contribution in [0, 0.1) is 12.8 Å². The van der Waals surface area contributed by atoms with Crippen molar-refractivity contribution in [3.05, 3.63) is 29.8 Å². The van der Waals surface area contributed by atoms with Gasteiger partial charge < -0.3 is 14.7 Å². The van der Waals surface area contributed by atoms with E-state index in [1.807, 2.05) is 36.1 Å². The molecule has 1 aromatic rings. The lowest BCUT2D eigenvalue weighted by Gasteiger charge is -2.35. The SMILES string of the molecule is Cc1ccc(N2CCN(CC(=O)N3CCN(C(=O)C4CC4)CC3)C2=O)cc1. The van der Waals surface area contributed by atoms with E-state index in [1.54, 1.807) is 14.7 Å². The van der Waals surface area contributed by atoms with Crippen molar-refractivity contribution >= 4 is 23.5 Å². The molecule has 7 heteroatoms. The second-order valence-electron chi connectivity index (χ2n) is 7.67.